The zero-order valence-corrected chi connectivity index (χ0v) is 14.8. The van der Waals surface area contributed by atoms with Crippen LogP contribution >= 0.6 is 23.2 Å². The third kappa shape index (κ3) is 4.26. The maximum absolute atomic E-state index is 11.3. The van der Waals surface area contributed by atoms with E-state index in [1.807, 2.05) is 6.07 Å². The van der Waals surface area contributed by atoms with Crippen LogP contribution in [-0.2, 0) is 0 Å². The summed E-state index contributed by atoms with van der Waals surface area (Å²) in [7, 11) is 0. The molecule has 0 atom stereocenters. The molecule has 0 bridgehead atoms. The number of hydrogen-bond donors (Lipinski definition) is 2. The number of nitrogens with one attached hydrogen (secondary N) is 2. The summed E-state index contributed by atoms with van der Waals surface area (Å²) in [5.41, 5.74) is 2.09. The second kappa shape index (κ2) is 7.51. The monoisotopic (exact) mass is 372 g/mol. The molecule has 0 amide bonds. The van der Waals surface area contributed by atoms with Gasteiger partial charge in [-0.1, -0.05) is 29.3 Å². The Morgan fingerprint density at radius 1 is 1.00 bits per heavy atom. The molecule has 0 saturated carbocycles. The minimum atomic E-state index is 0.0207. The first-order valence-corrected chi connectivity index (χ1v) is 8.20. The first-order valence-electron chi connectivity index (χ1n) is 7.45. The molecule has 0 fully saturated rings. The SMILES string of the molecule is CC(=O)c1ccc(Nc2nccc(Nc3cccc(Cl)c3Cl)n2)cc1. The van der Waals surface area contributed by atoms with Gasteiger partial charge in [0.1, 0.15) is 5.82 Å². The van der Waals surface area contributed by atoms with Crippen LogP contribution in [-0.4, -0.2) is 15.8 Å². The molecule has 3 aromatic rings. The minimum absolute atomic E-state index is 0.0207. The third-order valence-electron chi connectivity index (χ3n) is 3.42. The lowest BCUT2D eigenvalue weighted by Gasteiger charge is -2.10. The number of halogens is 2. The summed E-state index contributed by atoms with van der Waals surface area (Å²) in [4.78, 5) is 19.9. The third-order valence-corrected chi connectivity index (χ3v) is 4.24. The van der Waals surface area contributed by atoms with E-state index in [4.69, 9.17) is 23.2 Å². The first-order chi connectivity index (χ1) is 12.0. The maximum atomic E-state index is 11.3. The van der Waals surface area contributed by atoms with Crippen LogP contribution in [0, 0.1) is 0 Å². The summed E-state index contributed by atoms with van der Waals surface area (Å²) in [6.45, 7) is 1.53. The van der Waals surface area contributed by atoms with Crippen molar-refractivity contribution in [2.24, 2.45) is 0 Å². The molecular weight excluding hydrogens is 359 g/mol. The molecule has 126 valence electrons. The summed E-state index contributed by atoms with van der Waals surface area (Å²) in [5, 5.41) is 7.09. The largest absolute Gasteiger partial charge is 0.339 e. The van der Waals surface area contributed by atoms with Crippen LogP contribution in [0.3, 0.4) is 0 Å². The van der Waals surface area contributed by atoms with E-state index in [1.54, 1.807) is 48.7 Å². The van der Waals surface area contributed by atoms with Crippen molar-refractivity contribution in [3.8, 4) is 0 Å². The Kier molecular flexibility index (Phi) is 5.16. The molecule has 0 aliphatic carbocycles. The van der Waals surface area contributed by atoms with Gasteiger partial charge in [0, 0.05) is 17.4 Å². The molecule has 2 N–H and O–H groups in total. The lowest BCUT2D eigenvalue weighted by atomic mass is 10.1. The van der Waals surface area contributed by atoms with Crippen LogP contribution in [0.2, 0.25) is 10.0 Å². The number of ketones is 1. The molecule has 5 nitrogen and oxygen atoms in total. The molecule has 0 aliphatic rings. The molecule has 0 spiro atoms. The van der Waals surface area contributed by atoms with Crippen molar-refractivity contribution in [2.75, 3.05) is 10.6 Å². The molecule has 2 aromatic carbocycles. The molecular formula is C18H14Cl2N4O. The van der Waals surface area contributed by atoms with Gasteiger partial charge in [0.05, 0.1) is 15.7 Å². The quantitative estimate of drug-likeness (QED) is 0.580. The smallest absolute Gasteiger partial charge is 0.229 e. The van der Waals surface area contributed by atoms with Crippen molar-refractivity contribution in [3.05, 3.63) is 70.3 Å². The number of nitrogens with zero attached hydrogens (tertiary/aromatic N) is 2. The number of Topliss-reactive ketones (excluding diaryl/α,β-unsaturated/α-hetero) is 1. The van der Waals surface area contributed by atoms with Crippen LogP contribution in [0.25, 0.3) is 0 Å². The summed E-state index contributed by atoms with van der Waals surface area (Å²) in [6.07, 6.45) is 1.63. The molecule has 0 radical (unpaired) electrons. The van der Waals surface area contributed by atoms with Crippen LogP contribution in [0.15, 0.2) is 54.7 Å². The average molecular weight is 373 g/mol. The molecule has 1 heterocycles. The highest BCUT2D eigenvalue weighted by Gasteiger charge is 2.06. The van der Waals surface area contributed by atoms with Gasteiger partial charge in [-0.3, -0.25) is 4.79 Å². The van der Waals surface area contributed by atoms with E-state index in [0.29, 0.717) is 33.1 Å². The number of hydrogen-bond acceptors (Lipinski definition) is 5. The van der Waals surface area contributed by atoms with Crippen LogP contribution in [0.5, 0.6) is 0 Å². The van der Waals surface area contributed by atoms with Gasteiger partial charge in [-0.2, -0.15) is 4.98 Å². The number of benzene rings is 2. The van der Waals surface area contributed by atoms with E-state index in [2.05, 4.69) is 20.6 Å². The zero-order chi connectivity index (χ0) is 17.8. The van der Waals surface area contributed by atoms with Gasteiger partial charge < -0.3 is 10.6 Å². The molecule has 0 saturated heterocycles. The average Bonchev–Trinajstić information content (AvgIpc) is 2.60. The Morgan fingerprint density at radius 3 is 2.48 bits per heavy atom. The number of carbonyl (C=O) groups is 1. The summed E-state index contributed by atoms with van der Waals surface area (Å²) in [6, 6.07) is 14.1. The number of carbonyl (C=O) groups excluding carboxylic acids is 1. The zero-order valence-electron chi connectivity index (χ0n) is 13.3. The van der Waals surface area contributed by atoms with Gasteiger partial charge in [0.25, 0.3) is 0 Å². The fraction of sp³-hybridized carbons (Fsp3) is 0.0556. The van der Waals surface area contributed by atoms with E-state index in [-0.39, 0.29) is 5.78 Å². The molecule has 25 heavy (non-hydrogen) atoms. The standard InChI is InChI=1S/C18H14Cl2N4O/c1-11(25)12-5-7-13(8-6-12)22-18-21-10-9-16(24-18)23-15-4-2-3-14(19)17(15)20/h2-10H,1H3,(H2,21,22,23,24). The van der Waals surface area contributed by atoms with E-state index in [0.717, 1.165) is 5.69 Å². The Hall–Kier alpha value is -2.63. The van der Waals surface area contributed by atoms with Crippen molar-refractivity contribution in [3.63, 3.8) is 0 Å². The highest BCUT2D eigenvalue weighted by atomic mass is 35.5. The van der Waals surface area contributed by atoms with Crippen molar-refractivity contribution in [2.45, 2.75) is 6.92 Å². The van der Waals surface area contributed by atoms with E-state index >= 15 is 0 Å². The second-order valence-corrected chi connectivity index (χ2v) is 6.04. The summed E-state index contributed by atoms with van der Waals surface area (Å²) >= 11 is 12.2. The normalized spacial score (nSPS) is 10.4. The van der Waals surface area contributed by atoms with Gasteiger partial charge >= 0.3 is 0 Å². The minimum Gasteiger partial charge on any atom is -0.339 e. The Morgan fingerprint density at radius 2 is 1.76 bits per heavy atom. The van der Waals surface area contributed by atoms with E-state index in [1.165, 1.54) is 6.92 Å². The predicted octanol–water partition coefficient (Wildman–Crippen LogP) is 5.47. The maximum Gasteiger partial charge on any atom is 0.229 e. The fourth-order valence-corrected chi connectivity index (χ4v) is 2.49. The summed E-state index contributed by atoms with van der Waals surface area (Å²) < 4.78 is 0. The topological polar surface area (TPSA) is 66.9 Å². The Balaban J connectivity index is 1.77. The predicted molar refractivity (Wildman–Crippen MR) is 102 cm³/mol. The molecule has 0 unspecified atom stereocenters. The van der Waals surface area contributed by atoms with Crippen LogP contribution in [0.4, 0.5) is 23.1 Å². The highest BCUT2D eigenvalue weighted by Crippen LogP contribution is 2.31. The van der Waals surface area contributed by atoms with Gasteiger partial charge in [-0.05, 0) is 49.4 Å². The second-order valence-electron chi connectivity index (χ2n) is 5.25. The van der Waals surface area contributed by atoms with Gasteiger partial charge in [-0.25, -0.2) is 4.98 Å². The summed E-state index contributed by atoms with van der Waals surface area (Å²) in [5.74, 6) is 1.01. The lowest BCUT2D eigenvalue weighted by molar-refractivity contribution is 0.101. The Labute approximate surface area is 155 Å². The van der Waals surface area contributed by atoms with Crippen LogP contribution < -0.4 is 10.6 Å². The van der Waals surface area contributed by atoms with E-state index in [9.17, 15) is 4.79 Å². The van der Waals surface area contributed by atoms with Crippen molar-refractivity contribution >= 4 is 52.1 Å². The van der Waals surface area contributed by atoms with Gasteiger partial charge in [-0.15, -0.1) is 0 Å². The highest BCUT2D eigenvalue weighted by molar-refractivity contribution is 6.43. The molecule has 1 aromatic heterocycles. The van der Waals surface area contributed by atoms with Gasteiger partial charge in [0.2, 0.25) is 5.95 Å². The molecule has 3 rings (SSSR count). The molecule has 7 heteroatoms. The first kappa shape index (κ1) is 17.2. The Bertz CT molecular complexity index is 913. The van der Waals surface area contributed by atoms with Crippen molar-refractivity contribution < 1.29 is 4.79 Å². The number of aromatic nitrogens is 2. The van der Waals surface area contributed by atoms with Crippen molar-refractivity contribution in [1.82, 2.24) is 9.97 Å². The number of rotatable bonds is 5. The van der Waals surface area contributed by atoms with Crippen molar-refractivity contribution in [1.29, 1.82) is 0 Å². The number of anilines is 4. The van der Waals surface area contributed by atoms with Crippen LogP contribution in [0.1, 0.15) is 17.3 Å². The fourth-order valence-electron chi connectivity index (χ4n) is 2.14. The molecule has 0 aliphatic heterocycles. The lowest BCUT2D eigenvalue weighted by Crippen LogP contribution is -2.01. The van der Waals surface area contributed by atoms with E-state index < -0.39 is 0 Å². The van der Waals surface area contributed by atoms with Gasteiger partial charge in [0.15, 0.2) is 5.78 Å².